The molecule has 25 heavy (non-hydrogen) atoms. The highest BCUT2D eigenvalue weighted by Crippen LogP contribution is 2.26. The predicted molar refractivity (Wildman–Crippen MR) is 101 cm³/mol. The second kappa shape index (κ2) is 7.74. The van der Waals surface area contributed by atoms with Crippen LogP contribution in [0.25, 0.3) is 0 Å². The molecule has 1 saturated heterocycles. The van der Waals surface area contributed by atoms with Crippen LogP contribution in [0.2, 0.25) is 0 Å². The van der Waals surface area contributed by atoms with Crippen molar-refractivity contribution in [2.24, 2.45) is 11.8 Å². The Hall–Kier alpha value is -1.61. The van der Waals surface area contributed by atoms with Gasteiger partial charge in [-0.15, -0.1) is 0 Å². The van der Waals surface area contributed by atoms with Gasteiger partial charge in [0.15, 0.2) is 0 Å². The average molecular weight is 338 g/mol. The van der Waals surface area contributed by atoms with Crippen LogP contribution in [0.4, 0.5) is 0 Å². The van der Waals surface area contributed by atoms with Crippen LogP contribution in [-0.2, 0) is 17.8 Å². The van der Waals surface area contributed by atoms with E-state index >= 15 is 0 Å². The summed E-state index contributed by atoms with van der Waals surface area (Å²) in [7, 11) is 0. The van der Waals surface area contributed by atoms with Gasteiger partial charge in [-0.3, -0.25) is 4.79 Å². The van der Waals surface area contributed by atoms with Crippen LogP contribution in [-0.4, -0.2) is 41.9 Å². The standard InChI is InChI=1S/C22H30N2O/c25-22(24-15-12-19-8-4-5-9-21(19)17-24)20-10-13-23(14-11-20)16-18-6-2-1-3-7-18/h1-2,4-5,8-9,18,20H,3,6-7,10-17H2/t18-/m1/s1. The maximum Gasteiger partial charge on any atom is 0.226 e. The predicted octanol–water partition coefficient (Wildman–Crippen LogP) is 3.64. The fourth-order valence-electron chi connectivity index (χ4n) is 4.69. The minimum absolute atomic E-state index is 0.243. The molecule has 0 aromatic heterocycles. The molecule has 4 rings (SSSR count). The molecule has 3 nitrogen and oxygen atoms in total. The number of benzene rings is 1. The number of amides is 1. The Balaban J connectivity index is 1.28. The number of hydrogen-bond donors (Lipinski definition) is 0. The third-order valence-electron chi connectivity index (χ3n) is 6.27. The number of carbonyl (C=O) groups excluding carboxylic acids is 1. The lowest BCUT2D eigenvalue weighted by atomic mass is 9.90. The molecule has 1 aromatic rings. The van der Waals surface area contributed by atoms with Gasteiger partial charge < -0.3 is 9.80 Å². The molecule has 1 fully saturated rings. The lowest BCUT2D eigenvalue weighted by Gasteiger charge is -2.37. The van der Waals surface area contributed by atoms with Gasteiger partial charge in [0.2, 0.25) is 5.91 Å². The van der Waals surface area contributed by atoms with Crippen LogP contribution in [0.15, 0.2) is 36.4 Å². The summed E-state index contributed by atoms with van der Waals surface area (Å²) in [6.45, 7) is 5.12. The number of nitrogens with zero attached hydrogens (tertiary/aromatic N) is 2. The lowest BCUT2D eigenvalue weighted by molar-refractivity contribution is -0.138. The number of carbonyl (C=O) groups is 1. The van der Waals surface area contributed by atoms with Crippen molar-refractivity contribution in [3.63, 3.8) is 0 Å². The van der Waals surface area contributed by atoms with Gasteiger partial charge in [-0.1, -0.05) is 36.4 Å². The molecule has 0 unspecified atom stereocenters. The Morgan fingerprint density at radius 3 is 2.56 bits per heavy atom. The Bertz CT molecular complexity index is 631. The number of likely N-dealkylation sites (tertiary alicyclic amines) is 1. The summed E-state index contributed by atoms with van der Waals surface area (Å²) >= 11 is 0. The van der Waals surface area contributed by atoms with E-state index in [0.29, 0.717) is 5.91 Å². The molecule has 134 valence electrons. The second-order valence-electron chi connectivity index (χ2n) is 8.00. The molecule has 0 radical (unpaired) electrons. The van der Waals surface area contributed by atoms with Gasteiger partial charge in [0.1, 0.15) is 0 Å². The van der Waals surface area contributed by atoms with E-state index in [9.17, 15) is 4.79 Å². The quantitative estimate of drug-likeness (QED) is 0.786. The number of rotatable bonds is 3. The van der Waals surface area contributed by atoms with Gasteiger partial charge in [0.05, 0.1) is 0 Å². The van der Waals surface area contributed by atoms with Crippen molar-refractivity contribution in [1.82, 2.24) is 9.80 Å². The van der Waals surface area contributed by atoms with Crippen molar-refractivity contribution in [2.75, 3.05) is 26.2 Å². The largest absolute Gasteiger partial charge is 0.338 e. The van der Waals surface area contributed by atoms with Crippen molar-refractivity contribution in [3.05, 3.63) is 47.5 Å². The van der Waals surface area contributed by atoms with Crippen molar-refractivity contribution >= 4 is 5.91 Å². The van der Waals surface area contributed by atoms with Gasteiger partial charge in [0.25, 0.3) is 0 Å². The lowest BCUT2D eigenvalue weighted by Crippen LogP contribution is -2.45. The molecule has 2 heterocycles. The summed E-state index contributed by atoms with van der Waals surface area (Å²) in [5, 5.41) is 0. The Morgan fingerprint density at radius 1 is 1.00 bits per heavy atom. The van der Waals surface area contributed by atoms with Crippen molar-refractivity contribution in [3.8, 4) is 0 Å². The van der Waals surface area contributed by atoms with E-state index in [2.05, 4.69) is 46.2 Å². The number of allylic oxidation sites excluding steroid dienone is 2. The van der Waals surface area contributed by atoms with Crippen molar-refractivity contribution < 1.29 is 4.79 Å². The van der Waals surface area contributed by atoms with Crippen LogP contribution in [0, 0.1) is 11.8 Å². The average Bonchev–Trinajstić information content (AvgIpc) is 2.68. The Morgan fingerprint density at radius 2 is 1.80 bits per heavy atom. The topological polar surface area (TPSA) is 23.6 Å². The van der Waals surface area contributed by atoms with Crippen molar-refractivity contribution in [1.29, 1.82) is 0 Å². The summed E-state index contributed by atoms with van der Waals surface area (Å²) < 4.78 is 0. The first kappa shape index (κ1) is 16.8. The maximum absolute atomic E-state index is 13.0. The molecule has 3 heteroatoms. The molecule has 1 aliphatic carbocycles. The van der Waals surface area contributed by atoms with Crippen LogP contribution in [0.3, 0.4) is 0 Å². The highest BCUT2D eigenvalue weighted by molar-refractivity contribution is 5.79. The molecular formula is C22H30N2O. The fraction of sp³-hybridized carbons (Fsp3) is 0.591. The summed E-state index contributed by atoms with van der Waals surface area (Å²) in [5.41, 5.74) is 2.76. The number of piperidine rings is 1. The SMILES string of the molecule is O=C(C1CCN(C[C@@H]2CC=CCC2)CC1)N1CCc2ccccc2C1. The van der Waals surface area contributed by atoms with E-state index in [4.69, 9.17) is 0 Å². The summed E-state index contributed by atoms with van der Waals surface area (Å²) in [4.78, 5) is 17.7. The van der Waals surface area contributed by atoms with E-state index in [0.717, 1.165) is 51.4 Å². The number of fused-ring (bicyclic) bond motifs is 1. The highest BCUT2D eigenvalue weighted by atomic mass is 16.2. The first-order valence-electron chi connectivity index (χ1n) is 10.0. The minimum atomic E-state index is 0.243. The molecule has 0 bridgehead atoms. The first-order valence-corrected chi connectivity index (χ1v) is 10.0. The molecule has 3 aliphatic rings. The molecule has 0 saturated carbocycles. The Labute approximate surface area is 151 Å². The van der Waals surface area contributed by atoms with Crippen LogP contribution < -0.4 is 0 Å². The minimum Gasteiger partial charge on any atom is -0.338 e. The van der Waals surface area contributed by atoms with Gasteiger partial charge in [-0.25, -0.2) is 0 Å². The van der Waals surface area contributed by atoms with E-state index in [1.807, 2.05) is 0 Å². The second-order valence-corrected chi connectivity index (χ2v) is 8.00. The van der Waals surface area contributed by atoms with Gasteiger partial charge in [-0.05, 0) is 68.7 Å². The van der Waals surface area contributed by atoms with E-state index in [-0.39, 0.29) is 5.92 Å². The van der Waals surface area contributed by atoms with E-state index < -0.39 is 0 Å². The zero-order valence-electron chi connectivity index (χ0n) is 15.2. The smallest absolute Gasteiger partial charge is 0.226 e. The zero-order valence-corrected chi connectivity index (χ0v) is 15.2. The van der Waals surface area contributed by atoms with Gasteiger partial charge in [0, 0.05) is 25.6 Å². The van der Waals surface area contributed by atoms with E-state index in [1.165, 1.54) is 36.9 Å². The third kappa shape index (κ3) is 3.98. The van der Waals surface area contributed by atoms with E-state index in [1.54, 1.807) is 0 Å². The van der Waals surface area contributed by atoms with Crippen LogP contribution >= 0.6 is 0 Å². The van der Waals surface area contributed by atoms with Crippen LogP contribution in [0.1, 0.15) is 43.2 Å². The number of hydrogen-bond acceptors (Lipinski definition) is 2. The maximum atomic E-state index is 13.0. The summed E-state index contributed by atoms with van der Waals surface area (Å²) in [6, 6.07) is 8.58. The molecule has 1 aromatic carbocycles. The molecule has 0 N–H and O–H groups in total. The zero-order chi connectivity index (χ0) is 17.1. The molecule has 2 aliphatic heterocycles. The monoisotopic (exact) mass is 338 g/mol. The van der Waals surface area contributed by atoms with Crippen molar-refractivity contribution in [2.45, 2.75) is 45.1 Å². The molecular weight excluding hydrogens is 308 g/mol. The summed E-state index contributed by atoms with van der Waals surface area (Å²) in [6.07, 6.45) is 11.6. The van der Waals surface area contributed by atoms with Crippen LogP contribution in [0.5, 0.6) is 0 Å². The third-order valence-corrected chi connectivity index (χ3v) is 6.27. The van der Waals surface area contributed by atoms with Gasteiger partial charge >= 0.3 is 0 Å². The highest BCUT2D eigenvalue weighted by Gasteiger charge is 2.30. The molecule has 0 spiro atoms. The normalized spacial score (nSPS) is 25.0. The molecule has 1 atom stereocenters. The molecule has 1 amide bonds. The summed E-state index contributed by atoms with van der Waals surface area (Å²) in [5.74, 6) is 1.47. The first-order chi connectivity index (χ1) is 12.3. The Kier molecular flexibility index (Phi) is 5.21. The van der Waals surface area contributed by atoms with Gasteiger partial charge in [-0.2, -0.15) is 0 Å². The fourth-order valence-corrected chi connectivity index (χ4v) is 4.69.